The zero-order valence-corrected chi connectivity index (χ0v) is 24.7. The highest BCUT2D eigenvalue weighted by Gasteiger charge is 2.12. The van der Waals surface area contributed by atoms with E-state index >= 15 is 0 Å². The van der Waals surface area contributed by atoms with Crippen molar-refractivity contribution in [3.8, 4) is 28.4 Å². The van der Waals surface area contributed by atoms with E-state index in [-0.39, 0.29) is 5.91 Å². The topological polar surface area (TPSA) is 64.8 Å². The quantitative estimate of drug-likeness (QED) is 0.137. The van der Waals surface area contributed by atoms with Gasteiger partial charge in [-0.15, -0.1) is 0 Å². The Hall–Kier alpha value is -4.62. The lowest BCUT2D eigenvalue weighted by molar-refractivity contribution is 0.0955. The lowest BCUT2D eigenvalue weighted by Crippen LogP contribution is -2.17. The van der Waals surface area contributed by atoms with Gasteiger partial charge in [0.05, 0.1) is 19.0 Å². The van der Waals surface area contributed by atoms with Crippen LogP contribution in [0, 0.1) is 13.8 Å². The third kappa shape index (κ3) is 6.58. The van der Waals surface area contributed by atoms with Gasteiger partial charge < -0.3 is 14.0 Å². The summed E-state index contributed by atoms with van der Waals surface area (Å²) in [4.78, 5) is 12.8. The van der Waals surface area contributed by atoms with Crippen LogP contribution in [0.15, 0.2) is 113 Å². The maximum atomic E-state index is 12.8. The van der Waals surface area contributed by atoms with E-state index in [1.807, 2.05) is 54.6 Å². The minimum absolute atomic E-state index is 0.304. The number of methoxy groups -OCH3 is 1. The van der Waals surface area contributed by atoms with Gasteiger partial charge in [0.2, 0.25) is 0 Å². The number of carbonyl (C=O) groups is 1. The summed E-state index contributed by atoms with van der Waals surface area (Å²) in [5.41, 5.74) is 10.4. The van der Waals surface area contributed by atoms with Crippen LogP contribution in [0.2, 0.25) is 0 Å². The lowest BCUT2D eigenvalue weighted by Gasteiger charge is -2.13. The van der Waals surface area contributed by atoms with Gasteiger partial charge in [-0.25, -0.2) is 5.43 Å². The Morgan fingerprint density at radius 2 is 1.68 bits per heavy atom. The number of hydrogen-bond acceptors (Lipinski definition) is 4. The molecule has 7 heteroatoms. The fourth-order valence-corrected chi connectivity index (χ4v) is 5.01. The normalized spacial score (nSPS) is 11.0. The van der Waals surface area contributed by atoms with Crippen LogP contribution in [-0.2, 0) is 6.61 Å². The van der Waals surface area contributed by atoms with Crippen LogP contribution >= 0.6 is 15.9 Å². The van der Waals surface area contributed by atoms with E-state index in [0.717, 1.165) is 38.2 Å². The Labute approximate surface area is 248 Å². The predicted octanol–water partition coefficient (Wildman–Crippen LogP) is 7.88. The molecular weight excluding hydrogens is 578 g/mol. The summed E-state index contributed by atoms with van der Waals surface area (Å²) in [6, 6.07) is 33.7. The summed E-state index contributed by atoms with van der Waals surface area (Å²) < 4.78 is 14.5. The first-order valence-electron chi connectivity index (χ1n) is 13.2. The van der Waals surface area contributed by atoms with E-state index in [1.54, 1.807) is 25.5 Å². The monoisotopic (exact) mass is 607 g/mol. The van der Waals surface area contributed by atoms with Crippen LogP contribution in [-0.4, -0.2) is 23.8 Å². The van der Waals surface area contributed by atoms with Crippen LogP contribution in [0.5, 0.6) is 11.5 Å². The molecule has 0 atom stereocenters. The zero-order valence-electron chi connectivity index (χ0n) is 23.1. The number of nitrogens with one attached hydrogen (secondary N) is 1. The maximum Gasteiger partial charge on any atom is 0.271 e. The third-order valence-corrected chi connectivity index (χ3v) is 7.35. The molecule has 206 valence electrons. The molecule has 0 aliphatic heterocycles. The molecule has 5 rings (SSSR count). The minimum Gasteiger partial charge on any atom is -0.493 e. The first-order chi connectivity index (χ1) is 19.9. The third-order valence-electron chi connectivity index (χ3n) is 6.66. The van der Waals surface area contributed by atoms with E-state index in [9.17, 15) is 4.79 Å². The van der Waals surface area contributed by atoms with Crippen molar-refractivity contribution >= 4 is 28.1 Å². The molecule has 0 unspecified atom stereocenters. The van der Waals surface area contributed by atoms with Gasteiger partial charge in [-0.3, -0.25) is 4.79 Å². The van der Waals surface area contributed by atoms with E-state index in [0.29, 0.717) is 23.7 Å². The fraction of sp³-hybridized carbons (Fsp3) is 0.118. The Bertz CT molecular complexity index is 1690. The number of carbonyl (C=O) groups excluding carboxylic acids is 1. The largest absolute Gasteiger partial charge is 0.493 e. The summed E-state index contributed by atoms with van der Waals surface area (Å²) >= 11 is 3.57. The molecule has 0 radical (unpaired) electrons. The van der Waals surface area contributed by atoms with Crippen molar-refractivity contribution in [3.05, 3.63) is 136 Å². The average molecular weight is 609 g/mol. The molecule has 4 aromatic carbocycles. The second-order valence-corrected chi connectivity index (χ2v) is 10.5. The predicted molar refractivity (Wildman–Crippen MR) is 167 cm³/mol. The second kappa shape index (κ2) is 12.7. The van der Waals surface area contributed by atoms with Crippen molar-refractivity contribution in [1.29, 1.82) is 0 Å². The second-order valence-electron chi connectivity index (χ2n) is 9.61. The van der Waals surface area contributed by atoms with Crippen molar-refractivity contribution in [2.45, 2.75) is 20.5 Å². The summed E-state index contributed by atoms with van der Waals surface area (Å²) in [6.07, 6.45) is 1.57. The molecule has 1 N–H and O–H groups in total. The highest BCUT2D eigenvalue weighted by Crippen LogP contribution is 2.33. The van der Waals surface area contributed by atoms with Gasteiger partial charge in [-0.1, -0.05) is 60.2 Å². The van der Waals surface area contributed by atoms with E-state index in [1.165, 1.54) is 5.56 Å². The number of aryl methyl sites for hydroxylation is 2. The highest BCUT2D eigenvalue weighted by atomic mass is 79.9. The molecule has 1 amide bonds. The number of benzene rings is 4. The van der Waals surface area contributed by atoms with Gasteiger partial charge in [0.1, 0.15) is 6.61 Å². The molecule has 0 fully saturated rings. The number of rotatable bonds is 9. The highest BCUT2D eigenvalue weighted by molar-refractivity contribution is 9.10. The Kier molecular flexibility index (Phi) is 8.65. The van der Waals surface area contributed by atoms with Crippen LogP contribution in [0.3, 0.4) is 0 Å². The number of nitrogens with zero attached hydrogens (tertiary/aromatic N) is 2. The number of amides is 1. The number of hydrogen-bond donors (Lipinski definition) is 1. The van der Waals surface area contributed by atoms with Gasteiger partial charge >= 0.3 is 0 Å². The van der Waals surface area contributed by atoms with Crippen LogP contribution in [0.1, 0.15) is 32.7 Å². The van der Waals surface area contributed by atoms with Gasteiger partial charge in [0.25, 0.3) is 5.91 Å². The number of halogens is 1. The molecule has 0 aliphatic carbocycles. The minimum atomic E-state index is -0.304. The molecule has 41 heavy (non-hydrogen) atoms. The van der Waals surface area contributed by atoms with Gasteiger partial charge in [0.15, 0.2) is 11.5 Å². The van der Waals surface area contributed by atoms with Crippen molar-refractivity contribution in [2.24, 2.45) is 5.10 Å². The maximum absolute atomic E-state index is 12.8. The average Bonchev–Trinajstić information content (AvgIpc) is 3.38. The van der Waals surface area contributed by atoms with E-state index in [4.69, 9.17) is 9.47 Å². The molecule has 0 saturated heterocycles. The SMILES string of the molecule is COc1cc(/C=N/NC(=O)c2ccc(-n3c(C)ccc3-c3ccccc3)cc2)c(Br)cc1OCc1cccc(C)c1. The summed E-state index contributed by atoms with van der Waals surface area (Å²) in [7, 11) is 1.59. The first-order valence-corrected chi connectivity index (χ1v) is 14.0. The molecule has 0 aliphatic rings. The standard InChI is InChI=1S/C34H30BrN3O3/c1-23-8-7-9-25(18-23)22-41-33-20-30(35)28(19-32(33)40-3)21-36-37-34(39)27-13-15-29(16-14-27)38-24(2)12-17-31(38)26-10-5-4-6-11-26/h4-21H,22H2,1-3H3,(H,37,39)/b36-21+. The van der Waals surface area contributed by atoms with Gasteiger partial charge in [-0.2, -0.15) is 5.10 Å². The van der Waals surface area contributed by atoms with Crippen molar-refractivity contribution < 1.29 is 14.3 Å². The molecule has 0 spiro atoms. The Balaban J connectivity index is 1.25. The summed E-state index contributed by atoms with van der Waals surface area (Å²) in [5, 5.41) is 4.17. The van der Waals surface area contributed by atoms with Crippen LogP contribution in [0.4, 0.5) is 0 Å². The number of hydrazone groups is 1. The van der Waals surface area contributed by atoms with Crippen molar-refractivity contribution in [3.63, 3.8) is 0 Å². The Morgan fingerprint density at radius 1 is 0.902 bits per heavy atom. The van der Waals surface area contributed by atoms with Crippen LogP contribution in [0.25, 0.3) is 16.9 Å². The van der Waals surface area contributed by atoms with E-state index < -0.39 is 0 Å². The smallest absolute Gasteiger partial charge is 0.271 e. The zero-order chi connectivity index (χ0) is 28.8. The van der Waals surface area contributed by atoms with Crippen molar-refractivity contribution in [1.82, 2.24) is 9.99 Å². The molecule has 1 heterocycles. The molecule has 1 aromatic heterocycles. The molecule has 0 bridgehead atoms. The van der Waals surface area contributed by atoms with Crippen molar-refractivity contribution in [2.75, 3.05) is 7.11 Å². The first kappa shape index (κ1) is 27.9. The fourth-order valence-electron chi connectivity index (χ4n) is 4.59. The summed E-state index contributed by atoms with van der Waals surface area (Å²) in [5.74, 6) is 0.872. The Morgan fingerprint density at radius 3 is 2.41 bits per heavy atom. The summed E-state index contributed by atoms with van der Waals surface area (Å²) in [6.45, 7) is 4.54. The molecule has 6 nitrogen and oxygen atoms in total. The van der Waals surface area contributed by atoms with E-state index in [2.05, 4.69) is 81.3 Å². The number of aromatic nitrogens is 1. The van der Waals surface area contributed by atoms with Gasteiger partial charge in [0, 0.05) is 27.0 Å². The number of ether oxygens (including phenoxy) is 2. The molecule has 0 saturated carbocycles. The molecule has 5 aromatic rings. The lowest BCUT2D eigenvalue weighted by atomic mass is 10.1. The molecular formula is C34H30BrN3O3. The van der Waals surface area contributed by atoms with Gasteiger partial charge in [-0.05, 0) is 89.4 Å². The van der Waals surface area contributed by atoms with Crippen LogP contribution < -0.4 is 14.9 Å².